The van der Waals surface area contributed by atoms with E-state index in [1.54, 1.807) is 0 Å². The molecule has 0 radical (unpaired) electrons. The maximum absolute atomic E-state index is 3.61. The minimum Gasteiger partial charge on any atom is -0.308 e. The summed E-state index contributed by atoms with van der Waals surface area (Å²) >= 11 is 3.92. The lowest BCUT2D eigenvalue weighted by atomic mass is 10.2. The Morgan fingerprint density at radius 3 is 3.18 bits per heavy atom. The Morgan fingerprint density at radius 1 is 1.59 bits per heavy atom. The van der Waals surface area contributed by atoms with Crippen LogP contribution in [-0.4, -0.2) is 42.1 Å². The lowest BCUT2D eigenvalue weighted by Crippen LogP contribution is -2.43. The van der Waals surface area contributed by atoms with Crippen molar-refractivity contribution in [1.29, 1.82) is 0 Å². The third-order valence-electron chi connectivity index (χ3n) is 3.32. The van der Waals surface area contributed by atoms with Crippen molar-refractivity contribution in [3.05, 3.63) is 22.4 Å². The molecule has 1 aliphatic rings. The number of thiophene rings is 1. The Bertz CT molecular complexity index is 313. The van der Waals surface area contributed by atoms with Crippen molar-refractivity contribution in [3.8, 4) is 0 Å². The van der Waals surface area contributed by atoms with Crippen LogP contribution in [0.5, 0.6) is 0 Å². The molecule has 2 nitrogen and oxygen atoms in total. The van der Waals surface area contributed by atoms with E-state index in [1.807, 2.05) is 11.3 Å². The highest BCUT2D eigenvalue weighted by atomic mass is 32.2. The van der Waals surface area contributed by atoms with Gasteiger partial charge in [-0.3, -0.25) is 4.90 Å². The van der Waals surface area contributed by atoms with Crippen LogP contribution in [0.4, 0.5) is 0 Å². The first kappa shape index (κ1) is 13.4. The predicted octanol–water partition coefficient (Wildman–Crippen LogP) is 2.84. The van der Waals surface area contributed by atoms with E-state index in [-0.39, 0.29) is 0 Å². The molecule has 2 heterocycles. The van der Waals surface area contributed by atoms with Crippen LogP contribution < -0.4 is 5.32 Å². The van der Waals surface area contributed by atoms with Crippen LogP contribution in [0.3, 0.4) is 0 Å². The summed E-state index contributed by atoms with van der Waals surface area (Å²) in [5.74, 6) is 2.59. The number of nitrogens with zero attached hydrogens (tertiary/aromatic N) is 1. The van der Waals surface area contributed by atoms with E-state index in [0.717, 1.165) is 12.6 Å². The van der Waals surface area contributed by atoms with E-state index in [0.29, 0.717) is 6.04 Å². The van der Waals surface area contributed by atoms with Crippen LogP contribution in [0, 0.1) is 0 Å². The monoisotopic (exact) mass is 270 g/mol. The van der Waals surface area contributed by atoms with Crippen LogP contribution in [0.25, 0.3) is 0 Å². The molecule has 96 valence electrons. The molecule has 17 heavy (non-hydrogen) atoms. The molecule has 2 rings (SSSR count). The largest absolute Gasteiger partial charge is 0.308 e. The molecule has 0 spiro atoms. The molecule has 4 heteroatoms. The van der Waals surface area contributed by atoms with Gasteiger partial charge in [-0.1, -0.05) is 6.07 Å². The van der Waals surface area contributed by atoms with E-state index >= 15 is 0 Å². The standard InChI is InChI=1S/C13H22N2S2/c1-11-10-16-9-7-15(11)6-5-14-12(2)13-4-3-8-17-13/h3-4,8,11-12,14H,5-7,9-10H2,1-2H3. The van der Waals surface area contributed by atoms with Crippen LogP contribution >= 0.6 is 23.1 Å². The Kier molecular flexibility index (Phi) is 5.35. The van der Waals surface area contributed by atoms with E-state index < -0.39 is 0 Å². The minimum absolute atomic E-state index is 0.490. The summed E-state index contributed by atoms with van der Waals surface area (Å²) in [6, 6.07) is 5.57. The van der Waals surface area contributed by atoms with Gasteiger partial charge in [0.2, 0.25) is 0 Å². The second-order valence-electron chi connectivity index (χ2n) is 4.65. The van der Waals surface area contributed by atoms with Gasteiger partial charge in [-0.15, -0.1) is 11.3 Å². The average molecular weight is 270 g/mol. The summed E-state index contributed by atoms with van der Waals surface area (Å²) in [5.41, 5.74) is 0. The topological polar surface area (TPSA) is 15.3 Å². The van der Waals surface area contributed by atoms with Crippen molar-refractivity contribution in [2.24, 2.45) is 0 Å². The van der Waals surface area contributed by atoms with Gasteiger partial charge in [0.05, 0.1) is 0 Å². The number of nitrogens with one attached hydrogen (secondary N) is 1. The molecule has 0 aliphatic carbocycles. The lowest BCUT2D eigenvalue weighted by Gasteiger charge is -2.33. The van der Waals surface area contributed by atoms with E-state index in [2.05, 4.69) is 53.3 Å². The molecular weight excluding hydrogens is 248 g/mol. The smallest absolute Gasteiger partial charge is 0.0386 e. The molecule has 2 atom stereocenters. The van der Waals surface area contributed by atoms with Crippen LogP contribution in [0.1, 0.15) is 24.8 Å². The van der Waals surface area contributed by atoms with Crippen LogP contribution in [0.2, 0.25) is 0 Å². The predicted molar refractivity (Wildman–Crippen MR) is 79.1 cm³/mol. The average Bonchev–Trinajstić information content (AvgIpc) is 2.85. The fraction of sp³-hybridized carbons (Fsp3) is 0.692. The van der Waals surface area contributed by atoms with Crippen molar-refractivity contribution in [2.75, 3.05) is 31.1 Å². The highest BCUT2D eigenvalue weighted by Gasteiger charge is 2.17. The summed E-state index contributed by atoms with van der Waals surface area (Å²) in [6.07, 6.45) is 0. The van der Waals surface area contributed by atoms with Gasteiger partial charge in [-0.2, -0.15) is 11.8 Å². The summed E-state index contributed by atoms with van der Waals surface area (Å²) in [4.78, 5) is 4.04. The van der Waals surface area contributed by atoms with Crippen molar-refractivity contribution < 1.29 is 0 Å². The zero-order valence-corrected chi connectivity index (χ0v) is 12.3. The molecule has 0 amide bonds. The van der Waals surface area contributed by atoms with Crippen molar-refractivity contribution in [1.82, 2.24) is 10.2 Å². The van der Waals surface area contributed by atoms with E-state index in [1.165, 1.54) is 29.5 Å². The number of hydrogen-bond donors (Lipinski definition) is 1. The second kappa shape index (κ2) is 6.78. The Hall–Kier alpha value is -0.0300. The molecule has 0 aromatic carbocycles. The number of hydrogen-bond acceptors (Lipinski definition) is 4. The zero-order valence-electron chi connectivity index (χ0n) is 10.7. The molecular formula is C13H22N2S2. The van der Waals surface area contributed by atoms with Gasteiger partial charge in [-0.25, -0.2) is 0 Å². The van der Waals surface area contributed by atoms with Crippen LogP contribution in [-0.2, 0) is 0 Å². The summed E-state index contributed by atoms with van der Waals surface area (Å²) < 4.78 is 0. The van der Waals surface area contributed by atoms with Gasteiger partial charge in [0.25, 0.3) is 0 Å². The fourth-order valence-electron chi connectivity index (χ4n) is 2.16. The summed E-state index contributed by atoms with van der Waals surface area (Å²) in [5, 5.41) is 5.77. The Morgan fingerprint density at radius 2 is 2.47 bits per heavy atom. The first-order chi connectivity index (χ1) is 8.27. The molecule has 2 unspecified atom stereocenters. The maximum Gasteiger partial charge on any atom is 0.0386 e. The SMILES string of the molecule is CC(NCCN1CCSCC1C)c1cccs1. The zero-order chi connectivity index (χ0) is 12.1. The number of thioether (sulfide) groups is 1. The van der Waals surface area contributed by atoms with E-state index in [4.69, 9.17) is 0 Å². The molecule has 1 aromatic rings. The first-order valence-electron chi connectivity index (χ1n) is 6.36. The van der Waals surface area contributed by atoms with Gasteiger partial charge in [0.15, 0.2) is 0 Å². The molecule has 1 N–H and O–H groups in total. The highest BCUT2D eigenvalue weighted by Crippen LogP contribution is 2.18. The lowest BCUT2D eigenvalue weighted by molar-refractivity contribution is 0.230. The first-order valence-corrected chi connectivity index (χ1v) is 8.39. The van der Waals surface area contributed by atoms with Gasteiger partial charge in [0, 0.05) is 48.1 Å². The maximum atomic E-state index is 3.61. The third kappa shape index (κ3) is 3.98. The number of rotatable bonds is 5. The molecule has 0 bridgehead atoms. The van der Waals surface area contributed by atoms with Gasteiger partial charge >= 0.3 is 0 Å². The molecule has 1 aromatic heterocycles. The molecule has 0 saturated carbocycles. The van der Waals surface area contributed by atoms with Crippen LogP contribution in [0.15, 0.2) is 17.5 Å². The molecule has 1 saturated heterocycles. The highest BCUT2D eigenvalue weighted by molar-refractivity contribution is 7.99. The quantitative estimate of drug-likeness (QED) is 0.886. The van der Waals surface area contributed by atoms with Gasteiger partial charge in [-0.05, 0) is 25.3 Å². The van der Waals surface area contributed by atoms with Crippen molar-refractivity contribution in [3.63, 3.8) is 0 Å². The fourth-order valence-corrected chi connectivity index (χ4v) is 4.00. The molecule has 1 aliphatic heterocycles. The van der Waals surface area contributed by atoms with Gasteiger partial charge < -0.3 is 5.32 Å². The summed E-state index contributed by atoms with van der Waals surface area (Å²) in [7, 11) is 0. The minimum atomic E-state index is 0.490. The third-order valence-corrected chi connectivity index (χ3v) is 5.57. The second-order valence-corrected chi connectivity index (χ2v) is 6.78. The Balaban J connectivity index is 1.68. The summed E-state index contributed by atoms with van der Waals surface area (Å²) in [6.45, 7) is 8.11. The normalized spacial score (nSPS) is 23.8. The molecule has 1 fully saturated rings. The van der Waals surface area contributed by atoms with Crippen molar-refractivity contribution >= 4 is 23.1 Å². The van der Waals surface area contributed by atoms with E-state index in [9.17, 15) is 0 Å². The Labute approximate surface area is 113 Å². The van der Waals surface area contributed by atoms with Crippen molar-refractivity contribution in [2.45, 2.75) is 25.9 Å². The van der Waals surface area contributed by atoms with Gasteiger partial charge in [0.1, 0.15) is 0 Å².